The van der Waals surface area contributed by atoms with Crippen LogP contribution in [0.5, 0.6) is 0 Å². The molecule has 18 heavy (non-hydrogen) atoms. The Labute approximate surface area is 106 Å². The first-order chi connectivity index (χ1) is 8.63. The highest BCUT2D eigenvalue weighted by molar-refractivity contribution is 5.52. The zero-order chi connectivity index (χ0) is 13.1. The Hall–Kier alpha value is -1.63. The maximum atomic E-state index is 10.9. The largest absolute Gasteiger partial charge is 0.406 e. The molecule has 1 fully saturated rings. The molecule has 7 heteroatoms. The quantitative estimate of drug-likeness (QED) is 0.608. The number of imidazole rings is 1. The topological polar surface area (TPSA) is 99.0 Å². The van der Waals surface area contributed by atoms with Gasteiger partial charge in [0.05, 0.1) is 0 Å². The fraction of sp³-hybridized carbons (Fsp3) is 0.727. The van der Waals surface area contributed by atoms with Crippen LogP contribution < -0.4 is 11.1 Å². The van der Waals surface area contributed by atoms with Crippen LogP contribution in [0.25, 0.3) is 0 Å². The molecular formula is C11H19N5O2. The van der Waals surface area contributed by atoms with E-state index < -0.39 is 4.92 Å². The number of nitrogens with zero attached hydrogens (tertiary/aromatic N) is 3. The number of hydrogen-bond donors (Lipinski definition) is 2. The SMILES string of the molecule is Cn1cnc([N+](=O)[O-])c1NC(CN)C1CCCC1. The normalized spacial score (nSPS) is 17.9. The van der Waals surface area contributed by atoms with Crippen molar-refractivity contribution in [3.05, 3.63) is 16.4 Å². The van der Waals surface area contributed by atoms with Gasteiger partial charge in [-0.05, 0) is 28.7 Å². The molecule has 0 spiro atoms. The van der Waals surface area contributed by atoms with Gasteiger partial charge in [-0.2, -0.15) is 0 Å². The number of anilines is 1. The molecule has 1 saturated carbocycles. The lowest BCUT2D eigenvalue weighted by Gasteiger charge is -2.23. The van der Waals surface area contributed by atoms with Gasteiger partial charge >= 0.3 is 5.82 Å². The fourth-order valence-corrected chi connectivity index (χ4v) is 2.62. The minimum atomic E-state index is -0.468. The summed E-state index contributed by atoms with van der Waals surface area (Å²) in [6, 6.07) is 0.0848. The van der Waals surface area contributed by atoms with E-state index in [4.69, 9.17) is 5.73 Å². The summed E-state index contributed by atoms with van der Waals surface area (Å²) in [4.78, 5) is 14.2. The van der Waals surface area contributed by atoms with Crippen LogP contribution in [0, 0.1) is 16.0 Å². The predicted octanol–water partition coefficient (Wildman–Crippen LogP) is 1.26. The van der Waals surface area contributed by atoms with E-state index in [0.29, 0.717) is 18.3 Å². The summed E-state index contributed by atoms with van der Waals surface area (Å²) < 4.78 is 1.63. The second kappa shape index (κ2) is 5.34. The van der Waals surface area contributed by atoms with Gasteiger partial charge in [-0.1, -0.05) is 12.8 Å². The predicted molar refractivity (Wildman–Crippen MR) is 68.3 cm³/mol. The van der Waals surface area contributed by atoms with Crippen LogP contribution in [-0.4, -0.2) is 27.1 Å². The Morgan fingerprint density at radius 3 is 2.89 bits per heavy atom. The average molecular weight is 253 g/mol. The zero-order valence-corrected chi connectivity index (χ0v) is 10.5. The van der Waals surface area contributed by atoms with Crippen molar-refractivity contribution in [3.63, 3.8) is 0 Å². The summed E-state index contributed by atoms with van der Waals surface area (Å²) in [5.74, 6) is 0.820. The highest BCUT2D eigenvalue weighted by Crippen LogP contribution is 2.30. The van der Waals surface area contributed by atoms with E-state index in [0.717, 1.165) is 12.8 Å². The van der Waals surface area contributed by atoms with Crippen LogP contribution >= 0.6 is 0 Å². The van der Waals surface area contributed by atoms with Gasteiger partial charge in [-0.15, -0.1) is 0 Å². The summed E-state index contributed by atoms with van der Waals surface area (Å²) in [7, 11) is 1.74. The van der Waals surface area contributed by atoms with Gasteiger partial charge in [-0.25, -0.2) is 0 Å². The second-order valence-electron chi connectivity index (χ2n) is 4.82. The molecule has 2 rings (SSSR count). The first-order valence-corrected chi connectivity index (χ1v) is 6.25. The van der Waals surface area contributed by atoms with E-state index in [1.54, 1.807) is 11.6 Å². The summed E-state index contributed by atoms with van der Waals surface area (Å²) >= 11 is 0. The molecule has 0 amide bonds. The standard InChI is InChI=1S/C11H19N5O2/c1-15-7-13-10(16(17)18)11(15)14-9(6-12)8-4-2-3-5-8/h7-9,14H,2-6,12H2,1H3. The van der Waals surface area contributed by atoms with Gasteiger partial charge in [0.25, 0.3) is 0 Å². The van der Waals surface area contributed by atoms with Crippen LogP contribution in [0.1, 0.15) is 25.7 Å². The third kappa shape index (κ3) is 2.45. The molecule has 1 aromatic rings. The molecule has 0 bridgehead atoms. The van der Waals surface area contributed by atoms with E-state index in [2.05, 4.69) is 10.3 Å². The maximum Gasteiger partial charge on any atom is 0.406 e. The second-order valence-corrected chi connectivity index (χ2v) is 4.82. The Morgan fingerprint density at radius 1 is 1.67 bits per heavy atom. The molecule has 3 N–H and O–H groups in total. The first kappa shape index (κ1) is 12.8. The van der Waals surface area contributed by atoms with Gasteiger partial charge in [-0.3, -0.25) is 4.57 Å². The molecule has 1 aliphatic rings. The number of rotatable bonds is 5. The van der Waals surface area contributed by atoms with E-state index in [1.165, 1.54) is 19.2 Å². The van der Waals surface area contributed by atoms with Crippen molar-refractivity contribution in [2.24, 2.45) is 18.7 Å². The number of aryl methyl sites for hydroxylation is 1. The van der Waals surface area contributed by atoms with E-state index >= 15 is 0 Å². The lowest BCUT2D eigenvalue weighted by Crippen LogP contribution is -2.36. The molecule has 0 saturated heterocycles. The van der Waals surface area contributed by atoms with Gasteiger partial charge in [0.1, 0.15) is 0 Å². The van der Waals surface area contributed by atoms with Crippen LogP contribution in [0.4, 0.5) is 11.6 Å². The molecule has 100 valence electrons. The number of nitrogens with one attached hydrogen (secondary N) is 1. The van der Waals surface area contributed by atoms with E-state index in [9.17, 15) is 10.1 Å². The minimum absolute atomic E-state index is 0.0848. The summed E-state index contributed by atoms with van der Waals surface area (Å²) in [6.07, 6.45) is 6.16. The highest BCUT2D eigenvalue weighted by Gasteiger charge is 2.28. The maximum absolute atomic E-state index is 10.9. The molecule has 0 aliphatic heterocycles. The molecule has 7 nitrogen and oxygen atoms in total. The summed E-state index contributed by atoms with van der Waals surface area (Å²) in [6.45, 7) is 0.479. The molecule has 1 aliphatic carbocycles. The number of nitro groups is 1. The molecule has 1 heterocycles. The first-order valence-electron chi connectivity index (χ1n) is 6.25. The van der Waals surface area contributed by atoms with Crippen molar-refractivity contribution < 1.29 is 4.92 Å². The molecule has 1 unspecified atom stereocenters. The van der Waals surface area contributed by atoms with E-state index in [1.807, 2.05) is 0 Å². The zero-order valence-electron chi connectivity index (χ0n) is 10.5. The smallest absolute Gasteiger partial charge is 0.360 e. The van der Waals surface area contributed by atoms with Crippen LogP contribution in [0.3, 0.4) is 0 Å². The third-order valence-electron chi connectivity index (χ3n) is 3.64. The molecule has 1 atom stereocenters. The van der Waals surface area contributed by atoms with Crippen LogP contribution in [0.2, 0.25) is 0 Å². The Balaban J connectivity index is 2.15. The van der Waals surface area contributed by atoms with Crippen LogP contribution in [0.15, 0.2) is 6.33 Å². The Morgan fingerprint density at radius 2 is 2.33 bits per heavy atom. The van der Waals surface area contributed by atoms with Crippen molar-refractivity contribution in [1.29, 1.82) is 0 Å². The van der Waals surface area contributed by atoms with E-state index in [-0.39, 0.29) is 11.9 Å². The third-order valence-corrected chi connectivity index (χ3v) is 3.64. The molecule has 1 aromatic heterocycles. The fourth-order valence-electron chi connectivity index (χ4n) is 2.62. The van der Waals surface area contributed by atoms with Gasteiger partial charge in [0, 0.05) is 19.6 Å². The van der Waals surface area contributed by atoms with Gasteiger partial charge < -0.3 is 21.2 Å². The highest BCUT2D eigenvalue weighted by atomic mass is 16.6. The molecule has 0 aromatic carbocycles. The minimum Gasteiger partial charge on any atom is -0.360 e. The van der Waals surface area contributed by atoms with Crippen molar-refractivity contribution in [1.82, 2.24) is 9.55 Å². The molecular weight excluding hydrogens is 234 g/mol. The number of nitrogens with two attached hydrogens (primary N) is 1. The Bertz CT molecular complexity index is 425. The van der Waals surface area contributed by atoms with Crippen molar-refractivity contribution >= 4 is 11.6 Å². The lowest BCUT2D eigenvalue weighted by molar-refractivity contribution is -0.388. The monoisotopic (exact) mass is 253 g/mol. The van der Waals surface area contributed by atoms with Crippen molar-refractivity contribution in [3.8, 4) is 0 Å². The lowest BCUT2D eigenvalue weighted by atomic mass is 9.98. The summed E-state index contributed by atoms with van der Waals surface area (Å²) in [5, 5.41) is 14.1. The number of aromatic nitrogens is 2. The summed E-state index contributed by atoms with van der Waals surface area (Å²) in [5.41, 5.74) is 5.78. The number of hydrogen-bond acceptors (Lipinski definition) is 5. The van der Waals surface area contributed by atoms with Gasteiger partial charge in [0.2, 0.25) is 12.1 Å². The van der Waals surface area contributed by atoms with Crippen molar-refractivity contribution in [2.75, 3.05) is 11.9 Å². The van der Waals surface area contributed by atoms with Crippen molar-refractivity contribution in [2.45, 2.75) is 31.7 Å². The van der Waals surface area contributed by atoms with Gasteiger partial charge in [0.15, 0.2) is 0 Å². The average Bonchev–Trinajstić information content (AvgIpc) is 2.96. The Kier molecular flexibility index (Phi) is 3.81. The molecule has 0 radical (unpaired) electrons. The van der Waals surface area contributed by atoms with Crippen LogP contribution in [-0.2, 0) is 7.05 Å².